The van der Waals surface area contributed by atoms with Gasteiger partial charge >= 0.3 is 0 Å². The molecule has 0 unspecified atom stereocenters. The lowest BCUT2D eigenvalue weighted by molar-refractivity contribution is 0.829. The van der Waals surface area contributed by atoms with Gasteiger partial charge in [-0.1, -0.05) is 13.0 Å². The smallest absolute Gasteiger partial charge is 0.267 e. The van der Waals surface area contributed by atoms with Gasteiger partial charge < -0.3 is 0 Å². The Kier molecular flexibility index (Phi) is 3.20. The predicted octanol–water partition coefficient (Wildman–Crippen LogP) is 2.21. The third-order valence-electron chi connectivity index (χ3n) is 3.31. The van der Waals surface area contributed by atoms with Gasteiger partial charge in [-0.3, -0.25) is 14.3 Å². The fourth-order valence-electron chi connectivity index (χ4n) is 2.36. The molecule has 5 nitrogen and oxygen atoms in total. The van der Waals surface area contributed by atoms with E-state index in [1.54, 1.807) is 42.7 Å². The van der Waals surface area contributed by atoms with Crippen molar-refractivity contribution < 1.29 is 0 Å². The van der Waals surface area contributed by atoms with Crippen molar-refractivity contribution >= 4 is 10.9 Å². The Morgan fingerprint density at radius 3 is 2.81 bits per heavy atom. The van der Waals surface area contributed by atoms with Crippen LogP contribution in [0.5, 0.6) is 0 Å². The first kappa shape index (κ1) is 13.0. The van der Waals surface area contributed by atoms with Crippen molar-refractivity contribution in [3.63, 3.8) is 0 Å². The zero-order chi connectivity index (χ0) is 14.8. The number of hydrogen-bond donors (Lipinski definition) is 0. The van der Waals surface area contributed by atoms with E-state index >= 15 is 0 Å². The molecule has 0 spiro atoms. The molecule has 1 aromatic carbocycles. The highest BCUT2D eigenvalue weighted by atomic mass is 16.1. The van der Waals surface area contributed by atoms with Crippen LogP contribution < -0.4 is 5.56 Å². The van der Waals surface area contributed by atoms with Crippen molar-refractivity contribution in [3.05, 3.63) is 64.5 Å². The zero-order valence-electron chi connectivity index (χ0n) is 11.4. The van der Waals surface area contributed by atoms with Crippen LogP contribution in [-0.4, -0.2) is 14.5 Å². The van der Waals surface area contributed by atoms with E-state index in [2.05, 4.69) is 16.0 Å². The Hall–Kier alpha value is -3.00. The molecule has 0 amide bonds. The molecule has 0 radical (unpaired) electrons. The number of aryl methyl sites for hydroxylation is 1. The van der Waals surface area contributed by atoms with Crippen LogP contribution in [0.2, 0.25) is 0 Å². The first-order valence-corrected chi connectivity index (χ1v) is 6.61. The summed E-state index contributed by atoms with van der Waals surface area (Å²) in [5, 5.41) is 9.56. The molecule has 0 fully saturated rings. The van der Waals surface area contributed by atoms with Crippen molar-refractivity contribution in [3.8, 4) is 11.8 Å². The van der Waals surface area contributed by atoms with Gasteiger partial charge in [0, 0.05) is 12.6 Å². The number of benzene rings is 1. The standard InChI is InChI=1S/C16H12N4O/c1-2-14-19-13-7-3-5-11(9-17)15(13)16(21)20(14)12-6-4-8-18-10-12/h3-8,10H,2H2,1H3. The summed E-state index contributed by atoms with van der Waals surface area (Å²) >= 11 is 0. The zero-order valence-corrected chi connectivity index (χ0v) is 11.4. The topological polar surface area (TPSA) is 71.6 Å². The van der Waals surface area contributed by atoms with Crippen molar-refractivity contribution in [1.29, 1.82) is 5.26 Å². The Morgan fingerprint density at radius 1 is 1.29 bits per heavy atom. The van der Waals surface area contributed by atoms with Crippen molar-refractivity contribution in [2.24, 2.45) is 0 Å². The number of pyridine rings is 1. The number of aromatic nitrogens is 3. The summed E-state index contributed by atoms with van der Waals surface area (Å²) in [6, 6.07) is 10.7. The molecule has 2 heterocycles. The van der Waals surface area contributed by atoms with Crippen LogP contribution in [0, 0.1) is 11.3 Å². The average molecular weight is 276 g/mol. The van der Waals surface area contributed by atoms with Gasteiger partial charge in [-0.05, 0) is 24.3 Å². The third-order valence-corrected chi connectivity index (χ3v) is 3.31. The van der Waals surface area contributed by atoms with E-state index in [-0.39, 0.29) is 5.56 Å². The largest absolute Gasteiger partial charge is 0.268 e. The van der Waals surface area contributed by atoms with Crippen LogP contribution in [0.1, 0.15) is 18.3 Å². The minimum atomic E-state index is -0.234. The number of nitrogens with zero attached hydrogens (tertiary/aromatic N) is 4. The van der Waals surface area contributed by atoms with Crippen LogP contribution in [0.4, 0.5) is 0 Å². The monoisotopic (exact) mass is 276 g/mol. The quantitative estimate of drug-likeness (QED) is 0.719. The number of hydrogen-bond acceptors (Lipinski definition) is 4. The second kappa shape index (κ2) is 5.17. The van der Waals surface area contributed by atoms with Crippen LogP contribution in [-0.2, 0) is 6.42 Å². The second-order valence-electron chi connectivity index (χ2n) is 4.54. The predicted molar refractivity (Wildman–Crippen MR) is 79.2 cm³/mol. The molecule has 21 heavy (non-hydrogen) atoms. The van der Waals surface area contributed by atoms with E-state index in [1.165, 1.54) is 4.57 Å². The van der Waals surface area contributed by atoms with E-state index in [4.69, 9.17) is 0 Å². The van der Waals surface area contributed by atoms with Crippen LogP contribution in [0.25, 0.3) is 16.6 Å². The first-order chi connectivity index (χ1) is 10.3. The van der Waals surface area contributed by atoms with Gasteiger partial charge in [0.1, 0.15) is 11.9 Å². The average Bonchev–Trinajstić information content (AvgIpc) is 2.54. The van der Waals surface area contributed by atoms with E-state index in [1.807, 2.05) is 6.92 Å². The van der Waals surface area contributed by atoms with E-state index in [0.29, 0.717) is 34.4 Å². The first-order valence-electron chi connectivity index (χ1n) is 6.61. The third kappa shape index (κ3) is 2.07. The molecule has 0 atom stereocenters. The molecular formula is C16H12N4O. The van der Waals surface area contributed by atoms with E-state index in [9.17, 15) is 10.1 Å². The van der Waals surface area contributed by atoms with Crippen LogP contribution >= 0.6 is 0 Å². The molecule has 0 N–H and O–H groups in total. The molecule has 0 aliphatic heterocycles. The molecule has 102 valence electrons. The number of rotatable bonds is 2. The lowest BCUT2D eigenvalue weighted by atomic mass is 10.1. The highest BCUT2D eigenvalue weighted by Gasteiger charge is 2.14. The number of fused-ring (bicyclic) bond motifs is 1. The van der Waals surface area contributed by atoms with Gasteiger partial charge in [-0.25, -0.2) is 4.98 Å². The molecule has 0 bridgehead atoms. The van der Waals surface area contributed by atoms with E-state index < -0.39 is 0 Å². The fourth-order valence-corrected chi connectivity index (χ4v) is 2.36. The highest BCUT2D eigenvalue weighted by molar-refractivity contribution is 5.84. The summed E-state index contributed by atoms with van der Waals surface area (Å²) in [5.74, 6) is 0.649. The maximum Gasteiger partial charge on any atom is 0.267 e. The highest BCUT2D eigenvalue weighted by Crippen LogP contribution is 2.16. The van der Waals surface area contributed by atoms with Gasteiger partial charge in [0.15, 0.2) is 0 Å². The summed E-state index contributed by atoms with van der Waals surface area (Å²) in [7, 11) is 0. The summed E-state index contributed by atoms with van der Waals surface area (Å²) < 4.78 is 1.52. The van der Waals surface area contributed by atoms with Crippen molar-refractivity contribution in [2.75, 3.05) is 0 Å². The Balaban J connectivity index is 2.47. The van der Waals surface area contributed by atoms with Crippen LogP contribution in [0.15, 0.2) is 47.5 Å². The van der Waals surface area contributed by atoms with Crippen molar-refractivity contribution in [1.82, 2.24) is 14.5 Å². The summed E-state index contributed by atoms with van der Waals surface area (Å²) in [6.07, 6.45) is 3.87. The Morgan fingerprint density at radius 2 is 2.14 bits per heavy atom. The summed E-state index contributed by atoms with van der Waals surface area (Å²) in [6.45, 7) is 1.94. The van der Waals surface area contributed by atoms with Crippen molar-refractivity contribution in [2.45, 2.75) is 13.3 Å². The maximum absolute atomic E-state index is 12.8. The lowest BCUT2D eigenvalue weighted by Gasteiger charge is -2.12. The molecule has 2 aromatic heterocycles. The van der Waals surface area contributed by atoms with Gasteiger partial charge in [-0.2, -0.15) is 5.26 Å². The van der Waals surface area contributed by atoms with E-state index in [0.717, 1.165) is 0 Å². The normalized spacial score (nSPS) is 10.5. The minimum absolute atomic E-state index is 0.234. The molecule has 5 heteroatoms. The molecule has 0 aliphatic rings. The maximum atomic E-state index is 12.8. The molecule has 3 aromatic rings. The van der Waals surface area contributed by atoms with Gasteiger partial charge in [0.2, 0.25) is 0 Å². The fraction of sp³-hybridized carbons (Fsp3) is 0.125. The van der Waals surface area contributed by atoms with Gasteiger partial charge in [0.25, 0.3) is 5.56 Å². The molecule has 0 saturated carbocycles. The van der Waals surface area contributed by atoms with Gasteiger partial charge in [0.05, 0.1) is 28.4 Å². The summed E-state index contributed by atoms with van der Waals surface area (Å²) in [5.41, 5.74) is 1.31. The number of nitriles is 1. The van der Waals surface area contributed by atoms with Gasteiger partial charge in [-0.15, -0.1) is 0 Å². The molecule has 0 saturated heterocycles. The Labute approximate surface area is 121 Å². The molecular weight excluding hydrogens is 264 g/mol. The molecule has 3 rings (SSSR count). The van der Waals surface area contributed by atoms with Crippen LogP contribution in [0.3, 0.4) is 0 Å². The Bertz CT molecular complexity index is 907. The minimum Gasteiger partial charge on any atom is -0.268 e. The lowest BCUT2D eigenvalue weighted by Crippen LogP contribution is -2.24. The molecule has 0 aliphatic carbocycles. The second-order valence-corrected chi connectivity index (χ2v) is 4.54. The summed E-state index contributed by atoms with van der Waals surface area (Å²) in [4.78, 5) is 21.4. The SMILES string of the molecule is CCc1nc2cccc(C#N)c2c(=O)n1-c1cccnc1.